The van der Waals surface area contributed by atoms with Crippen LogP contribution in [0.15, 0.2) is 82.7 Å². The number of aromatic nitrogens is 3. The van der Waals surface area contributed by atoms with Crippen LogP contribution in [0.5, 0.6) is 0 Å². The van der Waals surface area contributed by atoms with Gasteiger partial charge in [0.2, 0.25) is 16.0 Å². The fourth-order valence-corrected chi connectivity index (χ4v) is 6.42. The first-order chi connectivity index (χ1) is 18.2. The van der Waals surface area contributed by atoms with Crippen LogP contribution in [0.1, 0.15) is 24.6 Å². The Morgan fingerprint density at radius 2 is 2.03 bits per heavy atom. The van der Waals surface area contributed by atoms with Gasteiger partial charge < -0.3 is 10.2 Å². The van der Waals surface area contributed by atoms with Gasteiger partial charge in [0, 0.05) is 35.1 Å². The number of likely N-dealkylation sites (tertiary alicyclic amines) is 1. The van der Waals surface area contributed by atoms with Gasteiger partial charge in [-0.05, 0) is 76.3 Å². The van der Waals surface area contributed by atoms with Crippen molar-refractivity contribution >= 4 is 44.5 Å². The molecular weight excluding hydrogens is 525 g/mol. The van der Waals surface area contributed by atoms with E-state index in [-0.39, 0.29) is 16.9 Å². The van der Waals surface area contributed by atoms with Gasteiger partial charge >= 0.3 is 0 Å². The number of thiazole rings is 1. The van der Waals surface area contributed by atoms with Gasteiger partial charge in [0.05, 0.1) is 28.5 Å². The molecule has 0 spiro atoms. The fraction of sp³-hybridized carbons (Fsp3) is 0.308. The van der Waals surface area contributed by atoms with Crippen molar-refractivity contribution in [2.24, 2.45) is 4.99 Å². The van der Waals surface area contributed by atoms with Gasteiger partial charge in [0.1, 0.15) is 0 Å². The number of halogens is 1. The third kappa shape index (κ3) is 7.16. The lowest BCUT2D eigenvalue weighted by atomic mass is 10.1. The lowest BCUT2D eigenvalue weighted by Gasteiger charge is -2.36. The molecule has 0 atom stereocenters. The molecule has 200 valence electrons. The van der Waals surface area contributed by atoms with Crippen LogP contribution in [-0.4, -0.2) is 64.5 Å². The molecule has 0 saturated carbocycles. The summed E-state index contributed by atoms with van der Waals surface area (Å²) in [5, 5.41) is 3.06. The molecular formula is C26H30FN7O2S2. The fourth-order valence-electron chi connectivity index (χ4n) is 4.09. The predicted molar refractivity (Wildman–Crippen MR) is 149 cm³/mol. The van der Waals surface area contributed by atoms with Gasteiger partial charge in [-0.15, -0.1) is 11.3 Å². The van der Waals surface area contributed by atoms with Crippen LogP contribution in [0.3, 0.4) is 0 Å². The molecule has 1 aromatic carbocycles. The number of allylic oxidation sites excluding steroid dienone is 3. The van der Waals surface area contributed by atoms with Crippen molar-refractivity contribution in [1.82, 2.24) is 24.2 Å². The third-order valence-electron chi connectivity index (χ3n) is 6.05. The van der Waals surface area contributed by atoms with Crippen molar-refractivity contribution in [1.29, 1.82) is 0 Å². The second kappa shape index (κ2) is 12.5. The second-order valence-electron chi connectivity index (χ2n) is 8.91. The van der Waals surface area contributed by atoms with Crippen molar-refractivity contribution in [2.45, 2.75) is 37.2 Å². The number of piperidine rings is 1. The topological polar surface area (TPSA) is 104 Å². The van der Waals surface area contributed by atoms with Crippen LogP contribution < -0.4 is 5.32 Å². The van der Waals surface area contributed by atoms with E-state index in [4.69, 9.17) is 0 Å². The lowest BCUT2D eigenvalue weighted by Crippen LogP contribution is -2.46. The summed E-state index contributed by atoms with van der Waals surface area (Å²) < 4.78 is 42.4. The van der Waals surface area contributed by atoms with E-state index in [0.29, 0.717) is 23.8 Å². The summed E-state index contributed by atoms with van der Waals surface area (Å²) in [6.07, 6.45) is 7.49. The first-order valence-electron chi connectivity index (χ1n) is 12.1. The maximum atomic E-state index is 13.8. The number of anilines is 2. The largest absolute Gasteiger partial charge is 0.324 e. The van der Waals surface area contributed by atoms with Crippen LogP contribution in [0, 0.1) is 0 Å². The minimum atomic E-state index is -3.75. The highest BCUT2D eigenvalue weighted by Gasteiger charge is 2.33. The molecule has 1 aliphatic heterocycles. The minimum Gasteiger partial charge on any atom is -0.324 e. The highest BCUT2D eigenvalue weighted by Crippen LogP contribution is 2.28. The Labute approximate surface area is 226 Å². The summed E-state index contributed by atoms with van der Waals surface area (Å²) >= 11 is 1.45. The quantitative estimate of drug-likeness (QED) is 0.348. The van der Waals surface area contributed by atoms with Crippen molar-refractivity contribution in [3.8, 4) is 0 Å². The summed E-state index contributed by atoms with van der Waals surface area (Å²) in [4.78, 5) is 20.2. The second-order valence-corrected chi connectivity index (χ2v) is 11.8. The Kier molecular flexibility index (Phi) is 9.10. The van der Waals surface area contributed by atoms with Gasteiger partial charge in [0.15, 0.2) is 5.82 Å². The number of sulfonamides is 1. The molecule has 0 amide bonds. The van der Waals surface area contributed by atoms with Gasteiger partial charge in [-0.1, -0.05) is 6.58 Å². The van der Waals surface area contributed by atoms with E-state index in [9.17, 15) is 12.8 Å². The Bertz CT molecular complexity index is 1400. The molecule has 0 radical (unpaired) electrons. The summed E-state index contributed by atoms with van der Waals surface area (Å²) in [6, 6.07) is 8.03. The van der Waals surface area contributed by atoms with Gasteiger partial charge in [-0.25, -0.2) is 22.8 Å². The van der Waals surface area contributed by atoms with Crippen molar-refractivity contribution < 1.29 is 12.8 Å². The number of rotatable bonds is 10. The first kappa shape index (κ1) is 27.7. The van der Waals surface area contributed by atoms with E-state index >= 15 is 0 Å². The molecule has 1 saturated heterocycles. The molecule has 4 rings (SSSR count). The monoisotopic (exact) mass is 555 g/mol. The molecule has 2 aromatic heterocycles. The predicted octanol–water partition coefficient (Wildman–Crippen LogP) is 5.09. The first-order valence-corrected chi connectivity index (χ1v) is 14.4. The molecule has 0 bridgehead atoms. The van der Waals surface area contributed by atoms with Crippen molar-refractivity contribution in [2.75, 3.05) is 25.5 Å². The van der Waals surface area contributed by atoms with Gasteiger partial charge in [-0.3, -0.25) is 4.98 Å². The molecule has 0 aliphatic carbocycles. The molecule has 0 unspecified atom stereocenters. The van der Waals surface area contributed by atoms with E-state index in [1.807, 2.05) is 0 Å². The standard InChI is InChI=1S/C26H30FN7O2S2/c1-4-20(15-19(2)27)30-25-9-12-29-26(32-25)31-21-5-7-24(8-6-21)38(35,36)34(17-23-16-28-18-37-23)22-10-13-33(3)14-11-22/h4-9,12,15-16,18,22H,1,10-11,13-14,17H2,2-3H3,(H,29,31,32). The zero-order chi connectivity index (χ0) is 27.1. The Balaban J connectivity index is 1.53. The van der Waals surface area contributed by atoms with Crippen LogP contribution >= 0.6 is 11.3 Å². The van der Waals surface area contributed by atoms with Crippen LogP contribution in [0.2, 0.25) is 0 Å². The minimum absolute atomic E-state index is 0.0794. The summed E-state index contributed by atoms with van der Waals surface area (Å²) in [5.41, 5.74) is 2.66. The molecule has 12 heteroatoms. The van der Waals surface area contributed by atoms with E-state index in [1.54, 1.807) is 46.3 Å². The number of nitrogens with zero attached hydrogens (tertiary/aromatic N) is 6. The maximum absolute atomic E-state index is 13.8. The van der Waals surface area contributed by atoms with Crippen LogP contribution in [0.4, 0.5) is 21.8 Å². The molecule has 1 fully saturated rings. The van der Waals surface area contributed by atoms with E-state index in [1.165, 1.54) is 36.6 Å². The molecule has 3 heterocycles. The smallest absolute Gasteiger partial charge is 0.243 e. The Morgan fingerprint density at radius 1 is 1.29 bits per heavy atom. The number of nitrogens with one attached hydrogen (secondary N) is 1. The van der Waals surface area contributed by atoms with Crippen molar-refractivity contribution in [3.63, 3.8) is 0 Å². The zero-order valence-corrected chi connectivity index (χ0v) is 22.9. The number of hydrogen-bond donors (Lipinski definition) is 1. The SMILES string of the molecule is C=CC(C=C(C)F)=Nc1ccnc(Nc2ccc(S(=O)(=O)N(Cc3cncs3)C3CCN(C)CC3)cc2)n1. The molecule has 1 aliphatic rings. The van der Waals surface area contributed by atoms with E-state index in [2.05, 4.69) is 43.8 Å². The van der Waals surface area contributed by atoms with E-state index in [0.717, 1.165) is 30.8 Å². The zero-order valence-electron chi connectivity index (χ0n) is 21.3. The van der Waals surface area contributed by atoms with Crippen LogP contribution in [0.25, 0.3) is 0 Å². The van der Waals surface area contributed by atoms with Crippen molar-refractivity contribution in [3.05, 3.63) is 77.7 Å². The van der Waals surface area contributed by atoms with Gasteiger partial charge in [0.25, 0.3) is 0 Å². The average Bonchev–Trinajstić information content (AvgIpc) is 3.41. The highest BCUT2D eigenvalue weighted by molar-refractivity contribution is 7.89. The number of hydrogen-bond acceptors (Lipinski definition) is 9. The third-order valence-corrected chi connectivity index (χ3v) is 8.72. The average molecular weight is 556 g/mol. The number of benzene rings is 1. The molecule has 38 heavy (non-hydrogen) atoms. The van der Waals surface area contributed by atoms with E-state index < -0.39 is 15.9 Å². The number of aliphatic imine (C=N–C) groups is 1. The maximum Gasteiger partial charge on any atom is 0.243 e. The van der Waals surface area contributed by atoms with Gasteiger partial charge in [-0.2, -0.15) is 9.29 Å². The lowest BCUT2D eigenvalue weighted by molar-refractivity contribution is 0.179. The summed E-state index contributed by atoms with van der Waals surface area (Å²) in [7, 11) is -1.69. The molecule has 3 aromatic rings. The Morgan fingerprint density at radius 3 is 2.66 bits per heavy atom. The highest BCUT2D eigenvalue weighted by atomic mass is 32.2. The summed E-state index contributed by atoms with van der Waals surface area (Å²) in [5.74, 6) is 0.197. The Hall–Kier alpha value is -3.32. The molecule has 9 nitrogen and oxygen atoms in total. The summed E-state index contributed by atoms with van der Waals surface area (Å²) in [6.45, 7) is 6.96. The van der Waals surface area contributed by atoms with Crippen LogP contribution in [-0.2, 0) is 16.6 Å². The normalized spacial score (nSPS) is 16.1. The molecule has 1 N–H and O–H groups in total.